The van der Waals surface area contributed by atoms with E-state index in [1.807, 2.05) is 46.0 Å². The van der Waals surface area contributed by atoms with Gasteiger partial charge in [-0.3, -0.25) is 19.1 Å². The first-order valence-electron chi connectivity index (χ1n) is 12.2. The van der Waals surface area contributed by atoms with Crippen molar-refractivity contribution in [3.63, 3.8) is 0 Å². The van der Waals surface area contributed by atoms with Crippen molar-refractivity contribution in [3.05, 3.63) is 72.3 Å². The van der Waals surface area contributed by atoms with Gasteiger partial charge < -0.3 is 14.4 Å². The van der Waals surface area contributed by atoms with Gasteiger partial charge in [-0.15, -0.1) is 0 Å². The van der Waals surface area contributed by atoms with Crippen molar-refractivity contribution in [1.29, 1.82) is 0 Å². The summed E-state index contributed by atoms with van der Waals surface area (Å²) < 4.78 is 12.5. The van der Waals surface area contributed by atoms with Gasteiger partial charge in [0.25, 0.3) is 0 Å². The van der Waals surface area contributed by atoms with Crippen molar-refractivity contribution in [1.82, 2.24) is 24.3 Å². The van der Waals surface area contributed by atoms with Crippen LogP contribution >= 0.6 is 0 Å². The number of piperidine rings is 1. The highest BCUT2D eigenvalue weighted by Crippen LogP contribution is 2.45. The van der Waals surface area contributed by atoms with E-state index in [-0.39, 0.29) is 18.3 Å². The zero-order valence-corrected chi connectivity index (χ0v) is 20.7. The zero-order chi connectivity index (χ0) is 25.1. The minimum atomic E-state index is -0.561. The Bertz CT molecular complexity index is 1220. The average molecular weight is 490 g/mol. The van der Waals surface area contributed by atoms with Crippen molar-refractivity contribution in [2.45, 2.75) is 37.9 Å². The van der Waals surface area contributed by atoms with Gasteiger partial charge in [0, 0.05) is 56.9 Å². The number of hydrogen-bond donors (Lipinski definition) is 0. The third-order valence-electron chi connectivity index (χ3n) is 7.53. The SMILES string of the molecule is COC(=O)C1CC(=O)N(Cc2cccc(OC)c2)C12CCN(Cc1cccn1-c1ncccn1)CC2. The maximum Gasteiger partial charge on any atom is 0.311 e. The van der Waals surface area contributed by atoms with Gasteiger partial charge in [-0.05, 0) is 48.7 Å². The Morgan fingerprint density at radius 1 is 1.06 bits per heavy atom. The number of aromatic nitrogens is 3. The summed E-state index contributed by atoms with van der Waals surface area (Å²) >= 11 is 0. The number of hydrogen-bond acceptors (Lipinski definition) is 7. The van der Waals surface area contributed by atoms with E-state index in [1.54, 1.807) is 25.6 Å². The Kier molecular flexibility index (Phi) is 6.73. The van der Waals surface area contributed by atoms with Gasteiger partial charge in [0.15, 0.2) is 0 Å². The van der Waals surface area contributed by atoms with Crippen molar-refractivity contribution >= 4 is 11.9 Å². The molecule has 1 unspecified atom stereocenters. The number of likely N-dealkylation sites (tertiary alicyclic amines) is 2. The Morgan fingerprint density at radius 3 is 2.56 bits per heavy atom. The van der Waals surface area contributed by atoms with E-state index < -0.39 is 11.5 Å². The average Bonchev–Trinajstić information content (AvgIpc) is 3.48. The fraction of sp³-hybridized carbons (Fsp3) is 0.407. The van der Waals surface area contributed by atoms with Gasteiger partial charge in [-0.25, -0.2) is 9.97 Å². The van der Waals surface area contributed by atoms with E-state index in [0.717, 1.165) is 36.6 Å². The molecule has 3 aromatic rings. The number of carbonyl (C=O) groups excluding carboxylic acids is 2. The predicted molar refractivity (Wildman–Crippen MR) is 132 cm³/mol. The van der Waals surface area contributed by atoms with E-state index >= 15 is 0 Å². The van der Waals surface area contributed by atoms with Crippen LogP contribution in [0.3, 0.4) is 0 Å². The van der Waals surface area contributed by atoms with Gasteiger partial charge in [0.05, 0.1) is 25.7 Å². The molecule has 188 valence electrons. The van der Waals surface area contributed by atoms with E-state index in [4.69, 9.17) is 9.47 Å². The standard InChI is InChI=1S/C27H31N5O4/c1-35-22-8-3-6-20(16-22)18-32-24(33)17-23(25(34)36-2)27(32)9-14-30(15-10-27)19-21-7-4-13-31(21)26-28-11-5-12-29-26/h3-8,11-13,16,23H,9-10,14-15,17-19H2,1-2H3. The Morgan fingerprint density at radius 2 is 1.83 bits per heavy atom. The summed E-state index contributed by atoms with van der Waals surface area (Å²) in [7, 11) is 3.03. The maximum atomic E-state index is 13.2. The van der Waals surface area contributed by atoms with Gasteiger partial charge in [0.2, 0.25) is 11.9 Å². The van der Waals surface area contributed by atoms with Gasteiger partial charge in [0.1, 0.15) is 5.75 Å². The summed E-state index contributed by atoms with van der Waals surface area (Å²) in [6.45, 7) is 2.69. The molecule has 1 aromatic carbocycles. The van der Waals surface area contributed by atoms with Crippen LogP contribution in [-0.4, -0.2) is 69.1 Å². The van der Waals surface area contributed by atoms with Crippen LogP contribution in [0.4, 0.5) is 0 Å². The third-order valence-corrected chi connectivity index (χ3v) is 7.53. The van der Waals surface area contributed by atoms with Crippen LogP contribution in [0.1, 0.15) is 30.5 Å². The summed E-state index contributed by atoms with van der Waals surface area (Å²) in [5.41, 5.74) is 1.52. The summed E-state index contributed by atoms with van der Waals surface area (Å²) in [5, 5.41) is 0. The first-order chi connectivity index (χ1) is 17.5. The number of carbonyl (C=O) groups is 2. The molecule has 1 spiro atoms. The molecule has 2 saturated heterocycles. The molecule has 0 saturated carbocycles. The lowest BCUT2D eigenvalue weighted by Gasteiger charge is -2.47. The lowest BCUT2D eigenvalue weighted by Crippen LogP contribution is -2.57. The molecule has 2 fully saturated rings. The monoisotopic (exact) mass is 489 g/mol. The van der Waals surface area contributed by atoms with E-state index in [2.05, 4.69) is 20.9 Å². The number of methoxy groups -OCH3 is 2. The number of esters is 1. The number of amides is 1. The number of benzene rings is 1. The smallest absolute Gasteiger partial charge is 0.311 e. The molecular weight excluding hydrogens is 458 g/mol. The minimum absolute atomic E-state index is 0.00299. The van der Waals surface area contributed by atoms with Crippen molar-refractivity contribution in [3.8, 4) is 11.7 Å². The van der Waals surface area contributed by atoms with Crippen LogP contribution in [-0.2, 0) is 27.4 Å². The first-order valence-corrected chi connectivity index (χ1v) is 12.2. The second kappa shape index (κ2) is 10.1. The highest BCUT2D eigenvalue weighted by molar-refractivity contribution is 5.89. The summed E-state index contributed by atoms with van der Waals surface area (Å²) in [4.78, 5) is 39.1. The Balaban J connectivity index is 1.35. The summed E-state index contributed by atoms with van der Waals surface area (Å²) in [5.74, 6) is 0.613. The molecule has 0 bridgehead atoms. The van der Waals surface area contributed by atoms with Crippen LogP contribution in [0.5, 0.6) is 5.75 Å². The number of ether oxygens (including phenoxy) is 2. The fourth-order valence-electron chi connectivity index (χ4n) is 5.66. The lowest BCUT2D eigenvalue weighted by atomic mass is 9.76. The molecular formula is C27H31N5O4. The molecule has 1 amide bonds. The highest BCUT2D eigenvalue weighted by Gasteiger charge is 2.56. The van der Waals surface area contributed by atoms with E-state index in [9.17, 15) is 9.59 Å². The quantitative estimate of drug-likeness (QED) is 0.472. The molecule has 36 heavy (non-hydrogen) atoms. The van der Waals surface area contributed by atoms with Crippen LogP contribution in [0.25, 0.3) is 5.95 Å². The molecule has 4 heterocycles. The second-order valence-electron chi connectivity index (χ2n) is 9.41. The number of rotatable bonds is 7. The van der Waals surface area contributed by atoms with Gasteiger partial charge >= 0.3 is 5.97 Å². The maximum absolute atomic E-state index is 13.2. The lowest BCUT2D eigenvalue weighted by molar-refractivity contribution is -0.150. The molecule has 2 aliphatic heterocycles. The Hall–Kier alpha value is -3.72. The predicted octanol–water partition coefficient (Wildman–Crippen LogP) is 2.83. The van der Waals surface area contributed by atoms with E-state index in [0.29, 0.717) is 25.3 Å². The zero-order valence-electron chi connectivity index (χ0n) is 20.7. The molecule has 2 aromatic heterocycles. The normalized spacial score (nSPS) is 19.6. The molecule has 0 radical (unpaired) electrons. The van der Waals surface area contributed by atoms with Crippen LogP contribution in [0, 0.1) is 5.92 Å². The second-order valence-corrected chi connectivity index (χ2v) is 9.41. The van der Waals surface area contributed by atoms with Crippen molar-refractivity contribution in [2.75, 3.05) is 27.3 Å². The summed E-state index contributed by atoms with van der Waals surface area (Å²) in [6.07, 6.45) is 7.02. The third kappa shape index (κ3) is 4.46. The molecule has 0 N–H and O–H groups in total. The van der Waals surface area contributed by atoms with Crippen LogP contribution in [0.2, 0.25) is 0 Å². The van der Waals surface area contributed by atoms with Crippen LogP contribution in [0.15, 0.2) is 61.1 Å². The van der Waals surface area contributed by atoms with Crippen molar-refractivity contribution < 1.29 is 19.1 Å². The molecule has 9 nitrogen and oxygen atoms in total. The van der Waals surface area contributed by atoms with Crippen LogP contribution < -0.4 is 4.74 Å². The van der Waals surface area contributed by atoms with Crippen molar-refractivity contribution in [2.24, 2.45) is 5.92 Å². The minimum Gasteiger partial charge on any atom is -0.497 e. The fourth-order valence-corrected chi connectivity index (χ4v) is 5.66. The van der Waals surface area contributed by atoms with Gasteiger partial charge in [-0.1, -0.05) is 12.1 Å². The van der Waals surface area contributed by atoms with Gasteiger partial charge in [-0.2, -0.15) is 0 Å². The molecule has 9 heteroatoms. The highest BCUT2D eigenvalue weighted by atomic mass is 16.5. The van der Waals surface area contributed by atoms with E-state index in [1.165, 1.54) is 7.11 Å². The summed E-state index contributed by atoms with van der Waals surface area (Å²) in [6, 6.07) is 13.6. The molecule has 5 rings (SSSR count). The molecule has 1 atom stereocenters. The largest absolute Gasteiger partial charge is 0.497 e. The first kappa shape index (κ1) is 24.0. The topological polar surface area (TPSA) is 89.8 Å². The molecule has 0 aliphatic carbocycles. The Labute approximate surface area is 210 Å². The number of nitrogens with zero attached hydrogens (tertiary/aromatic N) is 5. The molecule has 2 aliphatic rings.